The Morgan fingerprint density at radius 1 is 0.963 bits per heavy atom. The van der Waals surface area contributed by atoms with Gasteiger partial charge in [0.25, 0.3) is 0 Å². The van der Waals surface area contributed by atoms with Gasteiger partial charge in [-0.15, -0.1) is 0 Å². The number of aromatic nitrogens is 2. The van der Waals surface area contributed by atoms with Crippen molar-refractivity contribution in [2.24, 2.45) is 5.92 Å². The molecular formula is C24H24N2O. The Kier molecular flexibility index (Phi) is 4.16. The standard InChI is InChI=1S/C24H24N2O/c1-16-7-9-20-21-15-19(8-10-23(21)27-24(20)26-16)22-14-18(11-12-25-22)13-17-5-3-2-4-6-17/h7-12,14-15,17H,2-6,13H2,1H3. The van der Waals surface area contributed by atoms with E-state index in [1.165, 1.54) is 44.1 Å². The predicted molar refractivity (Wildman–Crippen MR) is 110 cm³/mol. The number of nitrogens with zero attached hydrogens (tertiary/aromatic N) is 2. The van der Waals surface area contributed by atoms with Gasteiger partial charge in [0.05, 0.1) is 5.69 Å². The summed E-state index contributed by atoms with van der Waals surface area (Å²) in [5, 5.41) is 2.17. The van der Waals surface area contributed by atoms with E-state index >= 15 is 0 Å². The molecule has 1 aliphatic rings. The molecule has 1 aliphatic carbocycles. The average molecular weight is 356 g/mol. The molecule has 3 nitrogen and oxygen atoms in total. The third-order valence-electron chi connectivity index (χ3n) is 5.85. The minimum Gasteiger partial charge on any atom is -0.438 e. The fourth-order valence-electron chi connectivity index (χ4n) is 4.39. The van der Waals surface area contributed by atoms with Gasteiger partial charge in [0.2, 0.25) is 5.71 Å². The maximum absolute atomic E-state index is 5.92. The zero-order chi connectivity index (χ0) is 18.2. The molecule has 0 N–H and O–H groups in total. The van der Waals surface area contributed by atoms with E-state index in [4.69, 9.17) is 4.42 Å². The van der Waals surface area contributed by atoms with E-state index in [0.717, 1.165) is 39.2 Å². The highest BCUT2D eigenvalue weighted by molar-refractivity contribution is 6.04. The normalized spacial score (nSPS) is 15.6. The van der Waals surface area contributed by atoms with Crippen LogP contribution in [0.2, 0.25) is 0 Å². The van der Waals surface area contributed by atoms with Gasteiger partial charge in [0, 0.05) is 28.2 Å². The molecule has 3 aromatic heterocycles. The number of hydrogen-bond acceptors (Lipinski definition) is 3. The summed E-state index contributed by atoms with van der Waals surface area (Å²) in [7, 11) is 0. The highest BCUT2D eigenvalue weighted by Crippen LogP contribution is 2.32. The van der Waals surface area contributed by atoms with E-state index in [-0.39, 0.29) is 0 Å². The van der Waals surface area contributed by atoms with Crippen LogP contribution < -0.4 is 0 Å². The van der Waals surface area contributed by atoms with Crippen molar-refractivity contribution in [3.8, 4) is 11.3 Å². The lowest BCUT2D eigenvalue weighted by molar-refractivity contribution is 0.356. The number of hydrogen-bond donors (Lipinski definition) is 0. The summed E-state index contributed by atoms with van der Waals surface area (Å²) in [6.07, 6.45) is 10.1. The zero-order valence-electron chi connectivity index (χ0n) is 15.7. The Labute approximate surface area is 159 Å². The van der Waals surface area contributed by atoms with Crippen LogP contribution in [0.25, 0.3) is 33.3 Å². The molecule has 0 spiro atoms. The van der Waals surface area contributed by atoms with Gasteiger partial charge in [0.15, 0.2) is 0 Å². The number of aryl methyl sites for hydroxylation is 1. The summed E-state index contributed by atoms with van der Waals surface area (Å²) >= 11 is 0. The van der Waals surface area contributed by atoms with E-state index in [1.54, 1.807) is 0 Å². The SMILES string of the molecule is Cc1ccc2c(n1)oc1ccc(-c3cc(CC4CCCCC4)ccn3)cc12. The number of furan rings is 1. The van der Waals surface area contributed by atoms with Crippen LogP contribution in [0.15, 0.2) is 53.1 Å². The molecule has 3 heteroatoms. The van der Waals surface area contributed by atoms with Gasteiger partial charge in [-0.1, -0.05) is 32.1 Å². The molecule has 0 bridgehead atoms. The van der Waals surface area contributed by atoms with Crippen molar-refractivity contribution in [1.29, 1.82) is 0 Å². The number of benzene rings is 1. The lowest BCUT2D eigenvalue weighted by Gasteiger charge is -2.21. The Balaban J connectivity index is 1.51. The van der Waals surface area contributed by atoms with Crippen LogP contribution in [0.5, 0.6) is 0 Å². The van der Waals surface area contributed by atoms with Gasteiger partial charge in [-0.2, -0.15) is 0 Å². The topological polar surface area (TPSA) is 38.9 Å². The van der Waals surface area contributed by atoms with Gasteiger partial charge in [-0.25, -0.2) is 4.98 Å². The first kappa shape index (κ1) is 16.5. The van der Waals surface area contributed by atoms with Crippen molar-refractivity contribution in [3.05, 3.63) is 59.9 Å². The van der Waals surface area contributed by atoms with Crippen molar-refractivity contribution in [2.75, 3.05) is 0 Å². The van der Waals surface area contributed by atoms with Gasteiger partial charge in [-0.3, -0.25) is 4.98 Å². The summed E-state index contributed by atoms with van der Waals surface area (Å²) in [6.45, 7) is 1.99. The lowest BCUT2D eigenvalue weighted by atomic mass is 9.85. The second-order valence-electron chi connectivity index (χ2n) is 7.88. The third kappa shape index (κ3) is 3.23. The van der Waals surface area contributed by atoms with Crippen LogP contribution in [0.1, 0.15) is 43.4 Å². The summed E-state index contributed by atoms with van der Waals surface area (Å²) < 4.78 is 5.92. The predicted octanol–water partition coefficient (Wildman–Crippen LogP) is 6.47. The molecule has 5 rings (SSSR count). The summed E-state index contributed by atoms with van der Waals surface area (Å²) in [5.41, 5.74) is 6.14. The minimum absolute atomic E-state index is 0.709. The van der Waals surface area contributed by atoms with E-state index in [9.17, 15) is 0 Å². The number of pyridine rings is 2. The van der Waals surface area contributed by atoms with E-state index < -0.39 is 0 Å². The Hall–Kier alpha value is -2.68. The second kappa shape index (κ2) is 6.80. The van der Waals surface area contributed by atoms with Gasteiger partial charge in [-0.05, 0) is 67.3 Å². The molecule has 4 aromatic rings. The highest BCUT2D eigenvalue weighted by Gasteiger charge is 2.15. The largest absolute Gasteiger partial charge is 0.438 e. The van der Waals surface area contributed by atoms with Crippen LogP contribution in [-0.2, 0) is 6.42 Å². The fourth-order valence-corrected chi connectivity index (χ4v) is 4.39. The van der Waals surface area contributed by atoms with Crippen LogP contribution in [0, 0.1) is 12.8 Å². The third-order valence-corrected chi connectivity index (χ3v) is 5.85. The first-order chi connectivity index (χ1) is 13.3. The van der Waals surface area contributed by atoms with Crippen molar-refractivity contribution >= 4 is 22.1 Å². The van der Waals surface area contributed by atoms with Gasteiger partial charge < -0.3 is 4.42 Å². The monoisotopic (exact) mass is 356 g/mol. The molecule has 27 heavy (non-hydrogen) atoms. The first-order valence-electron chi connectivity index (χ1n) is 10.0. The van der Waals surface area contributed by atoms with Crippen LogP contribution >= 0.6 is 0 Å². The Bertz CT molecular complexity index is 1110. The van der Waals surface area contributed by atoms with Gasteiger partial charge in [0.1, 0.15) is 5.58 Å². The molecule has 0 radical (unpaired) electrons. The molecule has 1 aromatic carbocycles. The Morgan fingerprint density at radius 2 is 1.85 bits per heavy atom. The number of fused-ring (bicyclic) bond motifs is 3. The molecule has 0 aliphatic heterocycles. The Morgan fingerprint density at radius 3 is 2.74 bits per heavy atom. The molecule has 0 saturated heterocycles. The van der Waals surface area contributed by atoms with E-state index in [1.807, 2.05) is 25.3 Å². The van der Waals surface area contributed by atoms with E-state index in [2.05, 4.69) is 40.3 Å². The summed E-state index contributed by atoms with van der Waals surface area (Å²) in [5.74, 6) is 0.837. The lowest BCUT2D eigenvalue weighted by Crippen LogP contribution is -2.09. The molecule has 136 valence electrons. The number of rotatable bonds is 3. The van der Waals surface area contributed by atoms with Crippen molar-refractivity contribution in [1.82, 2.24) is 9.97 Å². The van der Waals surface area contributed by atoms with Crippen LogP contribution in [-0.4, -0.2) is 9.97 Å². The molecule has 0 unspecified atom stereocenters. The smallest absolute Gasteiger partial charge is 0.227 e. The fraction of sp³-hybridized carbons (Fsp3) is 0.333. The zero-order valence-corrected chi connectivity index (χ0v) is 15.7. The van der Waals surface area contributed by atoms with Crippen molar-refractivity contribution < 1.29 is 4.42 Å². The maximum Gasteiger partial charge on any atom is 0.227 e. The molecule has 1 fully saturated rings. The van der Waals surface area contributed by atoms with Gasteiger partial charge >= 0.3 is 0 Å². The van der Waals surface area contributed by atoms with Crippen molar-refractivity contribution in [3.63, 3.8) is 0 Å². The molecule has 0 amide bonds. The second-order valence-corrected chi connectivity index (χ2v) is 7.88. The quantitative estimate of drug-likeness (QED) is 0.422. The molecule has 1 saturated carbocycles. The van der Waals surface area contributed by atoms with Crippen LogP contribution in [0.3, 0.4) is 0 Å². The summed E-state index contributed by atoms with van der Waals surface area (Å²) in [4.78, 5) is 9.15. The molecule has 3 heterocycles. The maximum atomic E-state index is 5.92. The minimum atomic E-state index is 0.709. The van der Waals surface area contributed by atoms with E-state index in [0.29, 0.717) is 5.71 Å². The molecule has 0 atom stereocenters. The first-order valence-corrected chi connectivity index (χ1v) is 10.0. The van der Waals surface area contributed by atoms with Crippen molar-refractivity contribution in [2.45, 2.75) is 45.4 Å². The average Bonchev–Trinajstić information content (AvgIpc) is 3.05. The highest BCUT2D eigenvalue weighted by atomic mass is 16.3. The van der Waals surface area contributed by atoms with Crippen LogP contribution in [0.4, 0.5) is 0 Å². The summed E-state index contributed by atoms with van der Waals surface area (Å²) in [6, 6.07) is 14.9. The molecular weight excluding hydrogens is 332 g/mol.